The average molecular weight is 296 g/mol. The number of rotatable bonds is 3. The molecule has 0 saturated carbocycles. The maximum absolute atomic E-state index is 11.5. The lowest BCUT2D eigenvalue weighted by molar-refractivity contribution is 0.181. The Bertz CT molecular complexity index is 583. The Morgan fingerprint density at radius 3 is 3.06 bits per heavy atom. The maximum Gasteiger partial charge on any atom is 0.251 e. The zero-order chi connectivity index (χ0) is 12.3. The zero-order valence-electron chi connectivity index (χ0n) is 9.11. The van der Waals surface area contributed by atoms with E-state index in [1.807, 2.05) is 6.07 Å². The van der Waals surface area contributed by atoms with E-state index in [4.69, 9.17) is 4.74 Å². The van der Waals surface area contributed by atoms with Gasteiger partial charge in [0.05, 0.1) is 12.3 Å². The molecule has 0 atom stereocenters. The summed E-state index contributed by atoms with van der Waals surface area (Å²) in [6, 6.07) is 5.04. The molecule has 0 fully saturated rings. The van der Waals surface area contributed by atoms with Crippen molar-refractivity contribution in [3.63, 3.8) is 0 Å². The summed E-state index contributed by atoms with van der Waals surface area (Å²) in [7, 11) is 1.55. The van der Waals surface area contributed by atoms with Gasteiger partial charge in [-0.2, -0.15) is 0 Å². The van der Waals surface area contributed by atoms with Gasteiger partial charge in [0.25, 0.3) is 5.56 Å². The summed E-state index contributed by atoms with van der Waals surface area (Å²) in [4.78, 5) is 22.6. The van der Waals surface area contributed by atoms with E-state index in [-0.39, 0.29) is 5.56 Å². The van der Waals surface area contributed by atoms with E-state index in [9.17, 15) is 4.79 Å². The largest absolute Gasteiger partial charge is 0.378 e. The number of hydrogen-bond acceptors (Lipinski definition) is 4. The van der Waals surface area contributed by atoms with Gasteiger partial charge in [0.2, 0.25) is 0 Å². The first-order valence-electron chi connectivity index (χ1n) is 4.91. The fourth-order valence-electron chi connectivity index (χ4n) is 1.40. The van der Waals surface area contributed by atoms with Gasteiger partial charge in [-0.15, -0.1) is 0 Å². The number of nitrogens with zero attached hydrogens (tertiary/aromatic N) is 2. The predicted octanol–water partition coefficient (Wildman–Crippen LogP) is 1.74. The van der Waals surface area contributed by atoms with Crippen molar-refractivity contribution in [3.05, 3.63) is 44.9 Å². The Balaban J connectivity index is 2.52. The summed E-state index contributed by atoms with van der Waals surface area (Å²) in [5.41, 5.74) is 0.950. The number of aromatic amines is 1. The number of H-pyrrole nitrogens is 1. The lowest BCUT2D eigenvalue weighted by atomic mass is 10.3. The summed E-state index contributed by atoms with van der Waals surface area (Å²) in [5, 5.41) is 0. The van der Waals surface area contributed by atoms with Crippen LogP contribution in [0.15, 0.2) is 33.7 Å². The van der Waals surface area contributed by atoms with Crippen LogP contribution in [-0.4, -0.2) is 22.1 Å². The van der Waals surface area contributed by atoms with Crippen molar-refractivity contribution in [1.29, 1.82) is 0 Å². The molecule has 0 bridgehead atoms. The summed E-state index contributed by atoms with van der Waals surface area (Å²) < 4.78 is 5.73. The topological polar surface area (TPSA) is 67.9 Å². The molecule has 0 aliphatic carbocycles. The molecule has 0 spiro atoms. The molecule has 0 amide bonds. The van der Waals surface area contributed by atoms with E-state index in [0.717, 1.165) is 4.47 Å². The molecule has 1 N–H and O–H groups in total. The van der Waals surface area contributed by atoms with Gasteiger partial charge in [-0.25, -0.2) is 4.98 Å². The second-order valence-corrected chi connectivity index (χ2v) is 4.21. The van der Waals surface area contributed by atoms with Gasteiger partial charge in [-0.1, -0.05) is 0 Å². The Morgan fingerprint density at radius 1 is 1.53 bits per heavy atom. The quantitative estimate of drug-likeness (QED) is 0.936. The first-order chi connectivity index (χ1) is 8.20. The van der Waals surface area contributed by atoms with Gasteiger partial charge in [0.15, 0.2) is 5.82 Å². The van der Waals surface area contributed by atoms with Crippen molar-refractivity contribution in [2.45, 2.75) is 6.61 Å². The van der Waals surface area contributed by atoms with Crippen LogP contribution in [-0.2, 0) is 11.3 Å². The number of halogens is 1. The highest BCUT2D eigenvalue weighted by molar-refractivity contribution is 9.10. The van der Waals surface area contributed by atoms with Crippen molar-refractivity contribution >= 4 is 15.9 Å². The van der Waals surface area contributed by atoms with Gasteiger partial charge in [0.1, 0.15) is 5.69 Å². The summed E-state index contributed by atoms with van der Waals surface area (Å²) in [6.45, 7) is 0.293. The molecule has 2 rings (SSSR count). The van der Waals surface area contributed by atoms with Crippen LogP contribution in [0.3, 0.4) is 0 Å². The highest BCUT2D eigenvalue weighted by Gasteiger charge is 2.08. The van der Waals surface area contributed by atoms with Crippen LogP contribution in [0.25, 0.3) is 11.5 Å². The third-order valence-corrected chi connectivity index (χ3v) is 2.71. The van der Waals surface area contributed by atoms with Crippen LogP contribution in [0.2, 0.25) is 0 Å². The van der Waals surface area contributed by atoms with E-state index in [2.05, 4.69) is 30.9 Å². The molecular formula is C11H10BrN3O2. The molecule has 0 aliphatic rings. The first kappa shape index (κ1) is 11.9. The van der Waals surface area contributed by atoms with Crippen LogP contribution in [0.5, 0.6) is 0 Å². The third kappa shape index (κ3) is 2.78. The minimum atomic E-state index is -0.223. The number of nitrogens with one attached hydrogen (secondary N) is 1. The first-order valence-corrected chi connectivity index (χ1v) is 5.70. The van der Waals surface area contributed by atoms with E-state index in [1.165, 1.54) is 6.07 Å². The van der Waals surface area contributed by atoms with Crippen molar-refractivity contribution in [2.24, 2.45) is 0 Å². The molecule has 0 aliphatic heterocycles. The smallest absolute Gasteiger partial charge is 0.251 e. The molecule has 2 aromatic rings. The van der Waals surface area contributed by atoms with Crippen LogP contribution in [0.4, 0.5) is 0 Å². The maximum atomic E-state index is 11.5. The normalized spacial score (nSPS) is 10.5. The van der Waals surface area contributed by atoms with Crippen LogP contribution in [0, 0.1) is 0 Å². The minimum Gasteiger partial charge on any atom is -0.378 e. The van der Waals surface area contributed by atoms with Gasteiger partial charge in [-0.3, -0.25) is 9.78 Å². The van der Waals surface area contributed by atoms with Crippen molar-refractivity contribution in [2.75, 3.05) is 7.11 Å². The molecule has 2 heterocycles. The molecule has 5 nitrogen and oxygen atoms in total. The monoisotopic (exact) mass is 295 g/mol. The Morgan fingerprint density at radius 2 is 2.35 bits per heavy atom. The van der Waals surface area contributed by atoms with Crippen molar-refractivity contribution in [1.82, 2.24) is 15.0 Å². The summed E-state index contributed by atoms with van der Waals surface area (Å²) in [5.74, 6) is 0.428. The molecule has 0 saturated heterocycles. The minimum absolute atomic E-state index is 0.223. The van der Waals surface area contributed by atoms with Gasteiger partial charge >= 0.3 is 0 Å². The molecule has 2 aromatic heterocycles. The van der Waals surface area contributed by atoms with Crippen LogP contribution in [0.1, 0.15) is 5.69 Å². The molecule has 88 valence electrons. The second kappa shape index (κ2) is 5.20. The SMILES string of the molecule is COCc1cc(=O)[nH]c(-c2ncccc2Br)n1. The lowest BCUT2D eigenvalue weighted by Crippen LogP contribution is -2.11. The van der Waals surface area contributed by atoms with E-state index < -0.39 is 0 Å². The number of pyridine rings is 1. The van der Waals surface area contributed by atoms with Crippen LogP contribution >= 0.6 is 15.9 Å². The zero-order valence-corrected chi connectivity index (χ0v) is 10.7. The number of hydrogen-bond donors (Lipinski definition) is 1. The fraction of sp³-hybridized carbons (Fsp3) is 0.182. The van der Waals surface area contributed by atoms with E-state index in [1.54, 1.807) is 19.4 Å². The van der Waals surface area contributed by atoms with Crippen molar-refractivity contribution < 1.29 is 4.74 Å². The van der Waals surface area contributed by atoms with Gasteiger partial charge in [0, 0.05) is 23.8 Å². The second-order valence-electron chi connectivity index (χ2n) is 3.35. The van der Waals surface area contributed by atoms with Gasteiger partial charge in [-0.05, 0) is 28.1 Å². The van der Waals surface area contributed by atoms with E-state index >= 15 is 0 Å². The molecule has 0 aromatic carbocycles. The molecule has 6 heteroatoms. The Hall–Kier alpha value is -1.53. The summed E-state index contributed by atoms with van der Waals surface area (Å²) >= 11 is 3.37. The predicted molar refractivity (Wildman–Crippen MR) is 66.5 cm³/mol. The molecule has 0 unspecified atom stereocenters. The van der Waals surface area contributed by atoms with E-state index in [0.29, 0.717) is 23.8 Å². The number of methoxy groups -OCH3 is 1. The lowest BCUT2D eigenvalue weighted by Gasteiger charge is -2.04. The van der Waals surface area contributed by atoms with Gasteiger partial charge < -0.3 is 9.72 Å². The van der Waals surface area contributed by atoms with Crippen LogP contribution < -0.4 is 5.56 Å². The Kier molecular flexibility index (Phi) is 3.65. The third-order valence-electron chi connectivity index (χ3n) is 2.07. The standard InChI is InChI=1S/C11H10BrN3O2/c1-17-6-7-5-9(16)15-11(14-7)10-8(12)3-2-4-13-10/h2-5H,6H2,1H3,(H,14,15,16). The fourth-order valence-corrected chi connectivity index (χ4v) is 1.84. The number of aromatic nitrogens is 3. The summed E-state index contributed by atoms with van der Waals surface area (Å²) in [6.07, 6.45) is 1.64. The Labute approximate surface area is 106 Å². The molecule has 0 radical (unpaired) electrons. The highest BCUT2D eigenvalue weighted by Crippen LogP contribution is 2.21. The highest BCUT2D eigenvalue weighted by atomic mass is 79.9. The van der Waals surface area contributed by atoms with Crippen molar-refractivity contribution in [3.8, 4) is 11.5 Å². The molecular weight excluding hydrogens is 286 g/mol. The average Bonchev–Trinajstić information content (AvgIpc) is 2.29. The molecule has 17 heavy (non-hydrogen) atoms. The number of ether oxygens (including phenoxy) is 1.